The highest BCUT2D eigenvalue weighted by Crippen LogP contribution is 2.37. The quantitative estimate of drug-likeness (QED) is 0.371. The largest absolute Gasteiger partial charge is 0.374 e. The van der Waals surface area contributed by atoms with Crippen LogP contribution in [-0.4, -0.2) is 16.6 Å². The molecule has 2 atom stereocenters. The van der Waals surface area contributed by atoms with Crippen molar-refractivity contribution in [2.24, 2.45) is 11.8 Å². The van der Waals surface area contributed by atoms with Crippen molar-refractivity contribution in [3.63, 3.8) is 0 Å². The van der Waals surface area contributed by atoms with Crippen LogP contribution in [0.1, 0.15) is 71.1 Å². The molecule has 2 aliphatic rings. The van der Waals surface area contributed by atoms with Crippen LogP contribution in [0.5, 0.6) is 0 Å². The maximum absolute atomic E-state index is 6.48. The Bertz CT molecular complexity index is 235. The summed E-state index contributed by atoms with van der Waals surface area (Å²) in [7, 11) is 0. The van der Waals surface area contributed by atoms with Crippen LogP contribution in [0.3, 0.4) is 0 Å². The fraction of sp³-hybridized carbons (Fsp3) is 1.00. The summed E-state index contributed by atoms with van der Waals surface area (Å²) in [4.78, 5) is 0. The maximum atomic E-state index is 6.48. The van der Waals surface area contributed by atoms with Crippen LogP contribution in [0.4, 0.5) is 0 Å². The van der Waals surface area contributed by atoms with Gasteiger partial charge in [-0.25, -0.2) is 0 Å². The van der Waals surface area contributed by atoms with Crippen LogP contribution in [0, 0.1) is 11.8 Å². The van der Waals surface area contributed by atoms with Crippen molar-refractivity contribution < 1.29 is 4.74 Å². The molecule has 0 aromatic carbocycles. The predicted octanol–water partition coefficient (Wildman–Crippen LogP) is 5.36. The van der Waals surface area contributed by atoms with Crippen molar-refractivity contribution in [3.05, 3.63) is 0 Å². The van der Waals surface area contributed by atoms with Crippen molar-refractivity contribution in [1.29, 1.82) is 0 Å². The van der Waals surface area contributed by atoms with Crippen molar-refractivity contribution in [3.8, 4) is 0 Å². The predicted molar refractivity (Wildman–Crippen MR) is 86.4 cm³/mol. The molecule has 0 aromatic rings. The number of hydrogen-bond acceptors (Lipinski definition) is 1. The Hall–Kier alpha value is 0.690. The molecule has 2 fully saturated rings. The number of alkyl halides is 1. The summed E-state index contributed by atoms with van der Waals surface area (Å²) in [6.45, 7) is 3.44. The molecule has 2 rings (SSSR count). The monoisotopic (exact) mass is 364 g/mol. The first kappa shape index (κ1) is 15.1. The summed E-state index contributed by atoms with van der Waals surface area (Å²) < 4.78 is 7.66. The van der Waals surface area contributed by atoms with Gasteiger partial charge in [-0.05, 0) is 37.5 Å². The third-order valence-electron chi connectivity index (χ3n) is 4.89. The summed E-state index contributed by atoms with van der Waals surface area (Å²) in [6.07, 6.45) is 14.0. The highest BCUT2D eigenvalue weighted by atomic mass is 127. The summed E-state index contributed by atoms with van der Waals surface area (Å²) in [5.74, 6) is 1.72. The van der Waals surface area contributed by atoms with Gasteiger partial charge in [0.2, 0.25) is 0 Å². The first-order valence-corrected chi connectivity index (χ1v) is 9.46. The smallest absolute Gasteiger partial charge is 0.0774 e. The van der Waals surface area contributed by atoms with Crippen LogP contribution in [0.2, 0.25) is 0 Å². The lowest BCUT2D eigenvalue weighted by molar-refractivity contribution is -0.0765. The fourth-order valence-corrected chi connectivity index (χ4v) is 4.64. The van der Waals surface area contributed by atoms with Gasteiger partial charge < -0.3 is 4.74 Å². The van der Waals surface area contributed by atoms with Gasteiger partial charge in [-0.15, -0.1) is 0 Å². The van der Waals surface area contributed by atoms with Gasteiger partial charge in [0, 0.05) is 4.43 Å². The molecule has 106 valence electrons. The number of halogens is 1. The van der Waals surface area contributed by atoms with Crippen LogP contribution in [0.25, 0.3) is 0 Å². The molecule has 0 radical (unpaired) electrons. The molecule has 0 aliphatic heterocycles. The molecule has 2 aliphatic carbocycles. The van der Waals surface area contributed by atoms with E-state index in [4.69, 9.17) is 4.74 Å². The van der Waals surface area contributed by atoms with Crippen LogP contribution >= 0.6 is 22.6 Å². The molecule has 0 saturated heterocycles. The minimum absolute atomic E-state index is 0.227. The zero-order chi connectivity index (χ0) is 12.8. The van der Waals surface area contributed by atoms with Gasteiger partial charge in [-0.1, -0.05) is 68.0 Å². The number of hydrogen-bond donors (Lipinski definition) is 0. The zero-order valence-electron chi connectivity index (χ0n) is 11.9. The van der Waals surface area contributed by atoms with Gasteiger partial charge in [-0.2, -0.15) is 0 Å². The van der Waals surface area contributed by atoms with Crippen LogP contribution in [0.15, 0.2) is 0 Å². The Kier molecular flexibility index (Phi) is 6.26. The standard InChI is InChI=1S/C16H29IO/c1-14-7-6-10-16(11-14,13-17)18-12-15-8-4-2-3-5-9-15/h14-15H,2-13H2,1H3. The molecular weight excluding hydrogens is 335 g/mol. The molecule has 0 N–H and O–H groups in total. The molecule has 0 aromatic heterocycles. The van der Waals surface area contributed by atoms with Gasteiger partial charge in [0.25, 0.3) is 0 Å². The van der Waals surface area contributed by atoms with Crippen molar-refractivity contribution in [1.82, 2.24) is 0 Å². The molecule has 2 unspecified atom stereocenters. The van der Waals surface area contributed by atoms with E-state index in [2.05, 4.69) is 29.5 Å². The Morgan fingerprint density at radius 1 is 1.06 bits per heavy atom. The maximum Gasteiger partial charge on any atom is 0.0774 e. The van der Waals surface area contributed by atoms with Crippen molar-refractivity contribution in [2.45, 2.75) is 76.7 Å². The average molecular weight is 364 g/mol. The molecule has 2 heteroatoms. The van der Waals surface area contributed by atoms with Gasteiger partial charge in [0.15, 0.2) is 0 Å². The molecule has 1 nitrogen and oxygen atoms in total. The normalized spacial score (nSPS) is 35.3. The van der Waals surface area contributed by atoms with E-state index >= 15 is 0 Å². The Labute approximate surface area is 127 Å². The van der Waals surface area contributed by atoms with Crippen LogP contribution in [-0.2, 0) is 4.74 Å². The molecule has 0 spiro atoms. The Balaban J connectivity index is 1.81. The van der Waals surface area contributed by atoms with E-state index in [1.807, 2.05) is 0 Å². The first-order valence-electron chi connectivity index (χ1n) is 7.94. The summed E-state index contributed by atoms with van der Waals surface area (Å²) in [5.41, 5.74) is 0.227. The topological polar surface area (TPSA) is 9.23 Å². The molecule has 0 amide bonds. The van der Waals surface area contributed by atoms with Gasteiger partial charge >= 0.3 is 0 Å². The summed E-state index contributed by atoms with van der Waals surface area (Å²) in [5, 5.41) is 0. The average Bonchev–Trinajstić information content (AvgIpc) is 2.65. The third-order valence-corrected chi connectivity index (χ3v) is 6.28. The van der Waals surface area contributed by atoms with E-state index in [9.17, 15) is 0 Å². The van der Waals surface area contributed by atoms with E-state index < -0.39 is 0 Å². The van der Waals surface area contributed by atoms with Gasteiger partial charge in [0.1, 0.15) is 0 Å². The third kappa shape index (κ3) is 4.36. The lowest BCUT2D eigenvalue weighted by Crippen LogP contribution is -2.40. The molecule has 18 heavy (non-hydrogen) atoms. The summed E-state index contributed by atoms with van der Waals surface area (Å²) >= 11 is 2.55. The minimum atomic E-state index is 0.227. The highest BCUT2D eigenvalue weighted by Gasteiger charge is 2.35. The number of ether oxygens (including phenoxy) is 1. The van der Waals surface area contributed by atoms with E-state index in [0.717, 1.165) is 18.4 Å². The van der Waals surface area contributed by atoms with Crippen molar-refractivity contribution >= 4 is 22.6 Å². The molecule has 0 heterocycles. The zero-order valence-corrected chi connectivity index (χ0v) is 14.1. The Morgan fingerprint density at radius 3 is 2.39 bits per heavy atom. The van der Waals surface area contributed by atoms with E-state index in [0.29, 0.717) is 0 Å². The lowest BCUT2D eigenvalue weighted by atomic mass is 9.80. The van der Waals surface area contributed by atoms with Crippen LogP contribution < -0.4 is 0 Å². The van der Waals surface area contributed by atoms with E-state index in [1.54, 1.807) is 0 Å². The molecule has 0 bridgehead atoms. The van der Waals surface area contributed by atoms with E-state index in [1.165, 1.54) is 68.6 Å². The summed E-state index contributed by atoms with van der Waals surface area (Å²) in [6, 6.07) is 0. The molecule has 2 saturated carbocycles. The SMILES string of the molecule is CC1CCCC(CI)(OCC2CCCCCC2)C1. The van der Waals surface area contributed by atoms with Crippen molar-refractivity contribution in [2.75, 3.05) is 11.0 Å². The molecular formula is C16H29IO. The second kappa shape index (κ2) is 7.47. The van der Waals surface area contributed by atoms with Gasteiger partial charge in [-0.3, -0.25) is 0 Å². The minimum Gasteiger partial charge on any atom is -0.374 e. The second-order valence-electron chi connectivity index (χ2n) is 6.69. The highest BCUT2D eigenvalue weighted by molar-refractivity contribution is 14.1. The Morgan fingerprint density at radius 2 is 1.78 bits per heavy atom. The lowest BCUT2D eigenvalue weighted by Gasteiger charge is -2.39. The second-order valence-corrected chi connectivity index (χ2v) is 7.45. The van der Waals surface area contributed by atoms with Gasteiger partial charge in [0.05, 0.1) is 12.2 Å². The number of rotatable bonds is 4. The van der Waals surface area contributed by atoms with E-state index in [-0.39, 0.29) is 5.60 Å². The first-order chi connectivity index (χ1) is 8.74. The fourth-order valence-electron chi connectivity index (χ4n) is 3.73.